The Morgan fingerprint density at radius 3 is 1.54 bits per heavy atom. The Morgan fingerprint density at radius 1 is 0.662 bits per heavy atom. The summed E-state index contributed by atoms with van der Waals surface area (Å²) >= 11 is 0.816. The van der Waals surface area contributed by atoms with Gasteiger partial charge in [-0.1, -0.05) is 26.0 Å². The van der Waals surface area contributed by atoms with Gasteiger partial charge in [0.25, 0.3) is 11.1 Å². The van der Waals surface area contributed by atoms with E-state index in [9.17, 15) is 33.6 Å². The maximum Gasteiger partial charge on any atom is 0.290 e. The third-order valence-corrected chi connectivity index (χ3v) is 8.54. The summed E-state index contributed by atoms with van der Waals surface area (Å²) < 4.78 is 5.69. The number of hydrogen-bond donors (Lipinski definition) is 14. The molecule has 1 aromatic rings. The van der Waals surface area contributed by atoms with E-state index in [1.807, 2.05) is 13.8 Å². The van der Waals surface area contributed by atoms with E-state index < -0.39 is 65.9 Å². The van der Waals surface area contributed by atoms with Crippen molar-refractivity contribution in [2.45, 2.75) is 77.3 Å². The highest BCUT2D eigenvalue weighted by Gasteiger charge is 2.25. The number of rotatable bonds is 26. The van der Waals surface area contributed by atoms with Crippen LogP contribution in [0.2, 0.25) is 0 Å². The van der Waals surface area contributed by atoms with Gasteiger partial charge >= 0.3 is 0 Å². The minimum atomic E-state index is -1.08. The Morgan fingerprint density at radius 2 is 1.12 bits per heavy atom. The third-order valence-electron chi connectivity index (χ3n) is 7.73. The predicted octanol–water partition coefficient (Wildman–Crippen LogP) is -3.70. The topological polar surface area (TPSA) is 472 Å². The van der Waals surface area contributed by atoms with Crippen LogP contribution in [0.5, 0.6) is 5.75 Å². The number of ether oxygens (including phenoxy) is 1. The molecule has 2 atom stereocenters. The molecule has 1 fully saturated rings. The van der Waals surface area contributed by atoms with Crippen molar-refractivity contribution in [2.24, 2.45) is 71.6 Å². The van der Waals surface area contributed by atoms with Gasteiger partial charge in [-0.15, -0.1) is 0 Å². The summed E-state index contributed by atoms with van der Waals surface area (Å²) in [5.41, 5.74) is 47.1. The summed E-state index contributed by atoms with van der Waals surface area (Å²) in [4.78, 5) is 101. The van der Waals surface area contributed by atoms with E-state index in [1.54, 1.807) is 30.3 Å². The summed E-state index contributed by atoms with van der Waals surface area (Å²) in [6.07, 6.45) is 4.80. The molecule has 65 heavy (non-hydrogen) atoms. The monoisotopic (exact) mass is 935 g/mol. The van der Waals surface area contributed by atoms with Gasteiger partial charge in [-0.3, -0.25) is 58.8 Å². The molecule has 0 aliphatic carbocycles. The average molecular weight is 935 g/mol. The van der Waals surface area contributed by atoms with E-state index in [0.29, 0.717) is 30.6 Å². The highest BCUT2D eigenvalue weighted by Crippen LogP contribution is 2.26. The van der Waals surface area contributed by atoms with Crippen LogP contribution in [0.1, 0.15) is 70.8 Å². The van der Waals surface area contributed by atoms with Crippen molar-refractivity contribution in [3.05, 3.63) is 34.7 Å². The lowest BCUT2D eigenvalue weighted by Gasteiger charge is -2.20. The van der Waals surface area contributed by atoms with Crippen LogP contribution in [-0.2, 0) is 28.8 Å². The largest absolute Gasteiger partial charge is 0.494 e. The van der Waals surface area contributed by atoms with Crippen molar-refractivity contribution in [2.75, 3.05) is 45.9 Å². The highest BCUT2D eigenvalue weighted by atomic mass is 32.2. The Bertz CT molecular complexity index is 1820. The second-order valence-corrected chi connectivity index (χ2v) is 14.5. The molecule has 26 nitrogen and oxygen atoms in total. The number of primary amides is 1. The molecule has 2 rings (SSSR count). The highest BCUT2D eigenvalue weighted by molar-refractivity contribution is 8.18. The summed E-state index contributed by atoms with van der Waals surface area (Å²) in [5.74, 6) is -3.10. The minimum absolute atomic E-state index is 0.0185. The molecular formula is C38H66N18O8S. The van der Waals surface area contributed by atoms with Gasteiger partial charge < -0.3 is 77.6 Å². The zero-order valence-electron chi connectivity index (χ0n) is 36.8. The van der Waals surface area contributed by atoms with E-state index >= 15 is 0 Å². The van der Waals surface area contributed by atoms with Gasteiger partial charge in [0.05, 0.1) is 24.6 Å². The number of carbonyl (C=O) groups excluding carboxylic acids is 7. The number of hydrogen-bond acceptors (Lipinski definition) is 13. The maximum absolute atomic E-state index is 13.0. The molecule has 0 spiro atoms. The van der Waals surface area contributed by atoms with Crippen molar-refractivity contribution < 1.29 is 38.3 Å². The van der Waals surface area contributed by atoms with Gasteiger partial charge in [0.2, 0.25) is 29.5 Å². The van der Waals surface area contributed by atoms with E-state index in [1.165, 1.54) is 0 Å². The Labute approximate surface area is 381 Å². The third kappa shape index (κ3) is 31.2. The first-order valence-electron chi connectivity index (χ1n) is 20.4. The van der Waals surface area contributed by atoms with Crippen molar-refractivity contribution in [3.8, 4) is 5.75 Å². The van der Waals surface area contributed by atoms with Crippen LogP contribution < -0.4 is 82.9 Å². The molecule has 0 bridgehead atoms. The molecule has 23 N–H and O–H groups in total. The number of carbonyl (C=O) groups is 7. The molecule has 1 aromatic carbocycles. The maximum atomic E-state index is 13.0. The van der Waals surface area contributed by atoms with Crippen LogP contribution >= 0.6 is 11.8 Å². The fourth-order valence-corrected chi connectivity index (χ4v) is 5.46. The molecule has 0 saturated carbocycles. The molecule has 2 unspecified atom stereocenters. The van der Waals surface area contributed by atoms with E-state index in [0.717, 1.165) is 37.7 Å². The van der Waals surface area contributed by atoms with Crippen LogP contribution in [0.25, 0.3) is 6.08 Å². The van der Waals surface area contributed by atoms with Crippen LogP contribution in [0.4, 0.5) is 4.79 Å². The molecule has 1 aliphatic rings. The second kappa shape index (κ2) is 34.2. The number of nitrogens with two attached hydrogens (primary N) is 9. The molecule has 7 amide bonds. The Balaban J connectivity index is 0.00000251. The lowest BCUT2D eigenvalue weighted by molar-refractivity contribution is -0.132. The van der Waals surface area contributed by atoms with Gasteiger partial charge in [-0.2, -0.15) is 0 Å². The normalized spacial score (nSPS) is 12.7. The summed E-state index contributed by atoms with van der Waals surface area (Å²) in [6.45, 7) is 5.10. The fourth-order valence-electron chi connectivity index (χ4n) is 4.78. The van der Waals surface area contributed by atoms with Crippen molar-refractivity contribution >= 4 is 82.4 Å². The number of guanidine groups is 4. The van der Waals surface area contributed by atoms with Gasteiger partial charge in [0, 0.05) is 32.6 Å². The molecular weight excluding hydrogens is 869 g/mol. The number of amides is 7. The van der Waals surface area contributed by atoms with Gasteiger partial charge in [-0.05, 0) is 80.5 Å². The van der Waals surface area contributed by atoms with Crippen LogP contribution in [0.15, 0.2) is 49.1 Å². The first-order chi connectivity index (χ1) is 30.8. The van der Waals surface area contributed by atoms with Gasteiger partial charge in [0.15, 0.2) is 23.8 Å². The molecule has 1 heterocycles. The predicted molar refractivity (Wildman–Crippen MR) is 251 cm³/mol. The summed E-state index contributed by atoms with van der Waals surface area (Å²) in [7, 11) is 0. The van der Waals surface area contributed by atoms with Crippen molar-refractivity contribution in [1.29, 1.82) is 0 Å². The van der Waals surface area contributed by atoms with E-state index in [2.05, 4.69) is 46.6 Å². The first kappa shape index (κ1) is 57.7. The van der Waals surface area contributed by atoms with E-state index in [-0.39, 0.29) is 67.7 Å². The molecule has 0 radical (unpaired) electrons. The molecule has 1 saturated heterocycles. The van der Waals surface area contributed by atoms with E-state index in [4.69, 9.17) is 56.3 Å². The number of nitrogens with one attached hydrogen (secondary N) is 5. The van der Waals surface area contributed by atoms with Crippen LogP contribution in [-0.4, -0.2) is 122 Å². The number of imide groups is 1. The fraction of sp³-hybridized carbons (Fsp3) is 0.500. The lowest BCUT2D eigenvalue weighted by Crippen LogP contribution is -2.52. The summed E-state index contributed by atoms with van der Waals surface area (Å²) in [5, 5.41) is 11.7. The zero-order chi connectivity index (χ0) is 49.2. The minimum Gasteiger partial charge on any atom is -0.494 e. The van der Waals surface area contributed by atoms with Crippen molar-refractivity contribution in [3.63, 3.8) is 0 Å². The SMILES string of the molecule is CCCN=C(N)N.CCCN=C(N)N.NC(=O)CNC(=O)C(CCCN=C(N)N)NC(=O)CNC(=O)C(CCCN=C(N)N)NC(=O)CCCOc1ccc(/C=C2\SC(=O)NC2=O)cc1. The molecule has 27 heteroatoms. The first-order valence-corrected chi connectivity index (χ1v) is 21.2. The lowest BCUT2D eigenvalue weighted by atomic mass is 10.1. The zero-order valence-corrected chi connectivity index (χ0v) is 37.6. The van der Waals surface area contributed by atoms with Crippen LogP contribution in [0, 0.1) is 0 Å². The number of nitrogens with zero attached hydrogens (tertiary/aromatic N) is 4. The molecule has 0 aromatic heterocycles. The Kier molecular flexibility index (Phi) is 30.3. The quantitative estimate of drug-likeness (QED) is 0.0184. The molecule has 362 valence electrons. The average Bonchev–Trinajstić information content (AvgIpc) is 3.56. The Hall–Kier alpha value is -7.32. The second-order valence-electron chi connectivity index (χ2n) is 13.5. The molecule has 1 aliphatic heterocycles. The summed E-state index contributed by atoms with van der Waals surface area (Å²) in [6, 6.07) is 4.67. The van der Waals surface area contributed by atoms with Gasteiger partial charge in [0.1, 0.15) is 17.8 Å². The number of aliphatic imine (C=N–C) groups is 4. The van der Waals surface area contributed by atoms with Crippen LogP contribution in [0.3, 0.4) is 0 Å². The number of thioether (sulfide) groups is 1. The van der Waals surface area contributed by atoms with Crippen molar-refractivity contribution in [1.82, 2.24) is 26.6 Å². The smallest absolute Gasteiger partial charge is 0.290 e. The number of benzene rings is 1. The standard InChI is InChI=1S/C30H44N12O8S.2C4H11N3/c31-22(43)15-38-25(46)20(5-2-12-37-29(34)35)41-24(45)16-39-26(47)19(4-1-11-36-28(32)33)40-23(44)6-3-13-50-18-9-7-17(8-10-18)14-21-27(48)42-30(49)51-21;2*1-2-3-7-4(5)6/h7-10,14,19-20H,1-6,11-13,15-16H2,(H2,31,43)(H,38,46)(H,39,47)(H,40,44)(H,41,45)(H4,32,33,36)(H4,34,35,37)(H,42,48,49);2*2-3H2,1H3,(H4,5,6,7)/b21-14-;;. The van der Waals surface area contributed by atoms with Gasteiger partial charge in [-0.25, -0.2) is 0 Å².